The van der Waals surface area contributed by atoms with Gasteiger partial charge in [-0.2, -0.15) is 4.79 Å². The van der Waals surface area contributed by atoms with Gasteiger partial charge >= 0.3 is 11.7 Å². The second kappa shape index (κ2) is 9.02. The molecule has 0 fully saturated rings. The van der Waals surface area contributed by atoms with Crippen molar-refractivity contribution in [1.29, 1.82) is 0 Å². The number of non-ortho nitro benzene ring substituents is 1. The summed E-state index contributed by atoms with van der Waals surface area (Å²) >= 11 is 0. The molecule has 9 heteroatoms. The van der Waals surface area contributed by atoms with Gasteiger partial charge in [0.2, 0.25) is 0 Å². The number of benzene rings is 2. The van der Waals surface area contributed by atoms with Crippen molar-refractivity contribution in [3.8, 4) is 0 Å². The Morgan fingerprint density at radius 1 is 1.19 bits per heavy atom. The molecule has 1 unspecified atom stereocenters. The predicted octanol–water partition coefficient (Wildman–Crippen LogP) is 2.55. The van der Waals surface area contributed by atoms with E-state index in [1.54, 1.807) is 24.3 Å². The second-order valence-electron chi connectivity index (χ2n) is 5.48. The molecule has 0 amide bonds. The van der Waals surface area contributed by atoms with E-state index in [2.05, 4.69) is 14.8 Å². The average molecular weight is 368 g/mol. The number of anilines is 1. The van der Waals surface area contributed by atoms with Gasteiger partial charge in [0, 0.05) is 24.2 Å². The van der Waals surface area contributed by atoms with Crippen LogP contribution in [-0.2, 0) is 14.3 Å². The zero-order chi connectivity index (χ0) is 19.8. The number of nitro groups is 1. The van der Waals surface area contributed by atoms with Gasteiger partial charge in [-0.05, 0) is 17.7 Å². The zero-order valence-corrected chi connectivity index (χ0v) is 14.4. The summed E-state index contributed by atoms with van der Waals surface area (Å²) in [6, 6.07) is 14.1. The van der Waals surface area contributed by atoms with Crippen LogP contribution in [0.25, 0.3) is 5.53 Å². The Labute approximate surface area is 154 Å². The van der Waals surface area contributed by atoms with Crippen LogP contribution in [0.1, 0.15) is 18.0 Å². The van der Waals surface area contributed by atoms with E-state index in [1.165, 1.54) is 24.3 Å². The van der Waals surface area contributed by atoms with Gasteiger partial charge in [0.15, 0.2) is 0 Å². The third-order valence-electron chi connectivity index (χ3n) is 3.75. The molecule has 1 N–H and O–H groups in total. The number of carbonyl (C=O) groups is 2. The standard InChI is InChI=1S/C18H16N4O5/c1-27-18(24)17(21-19)16(23)11-15(12-5-3-2-4-6-12)20-13-7-9-14(10-8-13)22(25)26/h2-10,15,20H,11H2,1H3. The fourth-order valence-corrected chi connectivity index (χ4v) is 2.41. The highest BCUT2D eigenvalue weighted by atomic mass is 16.6. The molecular weight excluding hydrogens is 352 g/mol. The van der Waals surface area contributed by atoms with Crippen LogP contribution in [0.2, 0.25) is 0 Å². The van der Waals surface area contributed by atoms with E-state index in [1.807, 2.05) is 6.07 Å². The van der Waals surface area contributed by atoms with Gasteiger partial charge in [0.25, 0.3) is 11.5 Å². The highest BCUT2D eigenvalue weighted by molar-refractivity contribution is 6.62. The first-order chi connectivity index (χ1) is 13.0. The fraction of sp³-hybridized carbons (Fsp3) is 0.167. The van der Waals surface area contributed by atoms with Crippen LogP contribution in [0, 0.1) is 10.1 Å². The third kappa shape index (κ3) is 5.07. The van der Waals surface area contributed by atoms with E-state index >= 15 is 0 Å². The fourth-order valence-electron chi connectivity index (χ4n) is 2.41. The van der Waals surface area contributed by atoms with Crippen molar-refractivity contribution in [2.45, 2.75) is 12.5 Å². The van der Waals surface area contributed by atoms with Gasteiger partial charge in [-0.1, -0.05) is 30.3 Å². The summed E-state index contributed by atoms with van der Waals surface area (Å²) in [6.45, 7) is 0. The van der Waals surface area contributed by atoms with E-state index in [0.717, 1.165) is 12.7 Å². The largest absolute Gasteiger partial charge is 0.460 e. The predicted molar refractivity (Wildman–Crippen MR) is 96.2 cm³/mol. The molecule has 1 atom stereocenters. The molecule has 27 heavy (non-hydrogen) atoms. The Kier molecular flexibility index (Phi) is 6.51. The monoisotopic (exact) mass is 368 g/mol. The number of nitrogens with zero attached hydrogens (tertiary/aromatic N) is 3. The number of ketones is 1. The first-order valence-electron chi connectivity index (χ1n) is 7.85. The average Bonchev–Trinajstić information content (AvgIpc) is 2.69. The molecule has 138 valence electrons. The Morgan fingerprint density at radius 2 is 1.81 bits per heavy atom. The number of nitro benzene ring substituents is 1. The molecule has 2 rings (SSSR count). The molecule has 0 bridgehead atoms. The Hall–Kier alpha value is -3.84. The Bertz CT molecular complexity index is 890. The number of rotatable bonds is 8. The zero-order valence-electron chi connectivity index (χ0n) is 14.4. The maximum Gasteiger partial charge on any atom is 0.441 e. The minimum atomic E-state index is -1.04. The van der Waals surface area contributed by atoms with Crippen molar-refractivity contribution in [3.63, 3.8) is 0 Å². The molecule has 0 aliphatic carbocycles. The van der Waals surface area contributed by atoms with Crippen LogP contribution in [0.15, 0.2) is 54.6 Å². The highest BCUT2D eigenvalue weighted by Gasteiger charge is 2.32. The number of Topliss-reactive ketones (excluding diaryl/α,β-unsaturated/α-hetero) is 1. The number of methoxy groups -OCH3 is 1. The van der Waals surface area contributed by atoms with Crippen molar-refractivity contribution >= 4 is 28.8 Å². The van der Waals surface area contributed by atoms with Crippen molar-refractivity contribution in [2.24, 2.45) is 0 Å². The van der Waals surface area contributed by atoms with Gasteiger partial charge in [-0.15, -0.1) is 0 Å². The Morgan fingerprint density at radius 3 is 2.33 bits per heavy atom. The summed E-state index contributed by atoms with van der Waals surface area (Å²) in [4.78, 5) is 36.9. The van der Waals surface area contributed by atoms with E-state index < -0.39 is 28.4 Å². The van der Waals surface area contributed by atoms with Gasteiger partial charge in [-0.3, -0.25) is 14.9 Å². The summed E-state index contributed by atoms with van der Waals surface area (Å²) in [5.41, 5.74) is 9.46. The number of hydrogen-bond acceptors (Lipinski definition) is 6. The molecule has 0 aliphatic rings. The van der Waals surface area contributed by atoms with Gasteiger partial charge in [-0.25, -0.2) is 4.79 Å². The maximum absolute atomic E-state index is 12.4. The number of ether oxygens (including phenoxy) is 1. The SMILES string of the molecule is COC(=O)C(=[N+]=[N-])C(=O)CC(Nc1ccc([N+](=O)[O-])cc1)c1ccccc1. The number of hydrogen-bond donors (Lipinski definition) is 1. The quantitative estimate of drug-likeness (QED) is 0.145. The molecule has 0 radical (unpaired) electrons. The van der Waals surface area contributed by atoms with Crippen LogP contribution in [0.4, 0.5) is 11.4 Å². The first-order valence-corrected chi connectivity index (χ1v) is 7.85. The van der Waals surface area contributed by atoms with E-state index in [9.17, 15) is 19.7 Å². The van der Waals surface area contributed by atoms with E-state index in [4.69, 9.17) is 5.53 Å². The maximum atomic E-state index is 12.4. The van der Waals surface area contributed by atoms with Crippen LogP contribution in [0.5, 0.6) is 0 Å². The highest BCUT2D eigenvalue weighted by Crippen LogP contribution is 2.24. The third-order valence-corrected chi connectivity index (χ3v) is 3.75. The van der Waals surface area contributed by atoms with Crippen LogP contribution in [-0.4, -0.2) is 34.3 Å². The van der Waals surface area contributed by atoms with Crippen molar-refractivity contribution < 1.29 is 24.0 Å². The first kappa shape index (κ1) is 19.5. The Balaban J connectivity index is 2.27. The number of esters is 1. The lowest BCUT2D eigenvalue weighted by Crippen LogP contribution is -2.29. The summed E-state index contributed by atoms with van der Waals surface area (Å²) in [6.07, 6.45) is -0.199. The molecule has 0 spiro atoms. The van der Waals surface area contributed by atoms with Crippen molar-refractivity contribution in [1.82, 2.24) is 0 Å². The number of carbonyl (C=O) groups excluding carboxylic acids is 2. The molecule has 0 aromatic heterocycles. The van der Waals surface area contributed by atoms with Crippen LogP contribution in [0.3, 0.4) is 0 Å². The van der Waals surface area contributed by atoms with E-state index in [0.29, 0.717) is 5.69 Å². The summed E-state index contributed by atoms with van der Waals surface area (Å²) < 4.78 is 4.43. The van der Waals surface area contributed by atoms with Gasteiger partial charge in [0.05, 0.1) is 18.1 Å². The number of nitrogens with one attached hydrogen (secondary N) is 1. The minimum absolute atomic E-state index is 0.0618. The summed E-state index contributed by atoms with van der Waals surface area (Å²) in [5, 5.41) is 13.9. The van der Waals surface area contributed by atoms with Crippen molar-refractivity contribution in [3.05, 3.63) is 75.8 Å². The van der Waals surface area contributed by atoms with Crippen LogP contribution >= 0.6 is 0 Å². The molecule has 2 aromatic carbocycles. The molecule has 0 aliphatic heterocycles. The lowest BCUT2D eigenvalue weighted by atomic mass is 9.99. The van der Waals surface area contributed by atoms with Gasteiger partial charge in [0.1, 0.15) is 0 Å². The lowest BCUT2D eigenvalue weighted by Gasteiger charge is -2.19. The summed E-state index contributed by atoms with van der Waals surface area (Å²) in [7, 11) is 1.07. The molecule has 9 nitrogen and oxygen atoms in total. The minimum Gasteiger partial charge on any atom is -0.460 e. The topological polar surface area (TPSA) is 135 Å². The van der Waals surface area contributed by atoms with Crippen LogP contribution < -0.4 is 5.32 Å². The molecule has 0 saturated carbocycles. The lowest BCUT2D eigenvalue weighted by molar-refractivity contribution is -0.384. The molecular formula is C18H16N4O5. The molecule has 2 aromatic rings. The van der Waals surface area contributed by atoms with Gasteiger partial charge < -0.3 is 15.6 Å². The second-order valence-corrected chi connectivity index (χ2v) is 5.48. The molecule has 0 saturated heterocycles. The normalized spacial score (nSPS) is 11.0. The summed E-state index contributed by atoms with van der Waals surface area (Å²) in [5.74, 6) is -1.75. The molecule has 0 heterocycles. The smallest absolute Gasteiger partial charge is 0.441 e. The van der Waals surface area contributed by atoms with Crippen molar-refractivity contribution in [2.75, 3.05) is 12.4 Å². The van der Waals surface area contributed by atoms with E-state index in [-0.39, 0.29) is 12.1 Å².